The fourth-order valence-electron chi connectivity index (χ4n) is 3.51. The summed E-state index contributed by atoms with van der Waals surface area (Å²) in [6, 6.07) is 16.1. The number of ether oxygens (including phenoxy) is 2. The van der Waals surface area contributed by atoms with Crippen LogP contribution in [0.1, 0.15) is 38.3 Å². The van der Waals surface area contributed by atoms with Gasteiger partial charge in [0, 0.05) is 0 Å². The van der Waals surface area contributed by atoms with E-state index in [0.717, 1.165) is 11.3 Å². The molecule has 1 saturated heterocycles. The van der Waals surface area contributed by atoms with Gasteiger partial charge in [-0.15, -0.1) is 0 Å². The van der Waals surface area contributed by atoms with Crippen molar-refractivity contribution >= 4 is 17.6 Å². The highest BCUT2D eigenvalue weighted by molar-refractivity contribution is 5.97. The maximum Gasteiger partial charge on any atom is 0.239 e. The molecule has 3 rings (SSSR count). The normalized spacial score (nSPS) is 17.8. The molecule has 0 saturated carbocycles. The van der Waals surface area contributed by atoms with Crippen molar-refractivity contribution in [1.29, 1.82) is 0 Å². The third-order valence-corrected chi connectivity index (χ3v) is 5.77. The molecule has 36 heavy (non-hydrogen) atoms. The van der Waals surface area contributed by atoms with E-state index in [1.807, 2.05) is 44.2 Å². The molecule has 1 heterocycles. The van der Waals surface area contributed by atoms with Crippen molar-refractivity contribution in [3.8, 4) is 5.75 Å². The summed E-state index contributed by atoms with van der Waals surface area (Å²) < 4.78 is 10.3. The van der Waals surface area contributed by atoms with Crippen molar-refractivity contribution in [2.75, 3.05) is 20.3 Å². The molecule has 1 aliphatic rings. The number of epoxide rings is 1. The molecule has 0 aliphatic carbocycles. The first-order chi connectivity index (χ1) is 17.0. The van der Waals surface area contributed by atoms with Crippen LogP contribution in [-0.2, 0) is 25.5 Å². The number of carbonyl (C=O) groups excluding carboxylic acids is 3. The van der Waals surface area contributed by atoms with Gasteiger partial charge >= 0.3 is 0 Å². The second-order valence-corrected chi connectivity index (χ2v) is 9.66. The van der Waals surface area contributed by atoms with Crippen LogP contribution in [0.2, 0.25) is 0 Å². The van der Waals surface area contributed by atoms with Crippen molar-refractivity contribution in [2.24, 2.45) is 11.7 Å². The minimum atomic E-state index is -0.809. The Balaban J connectivity index is 0.000000558. The Bertz CT molecular complexity index is 988. The van der Waals surface area contributed by atoms with Crippen LogP contribution in [0, 0.1) is 12.8 Å². The summed E-state index contributed by atoms with van der Waals surface area (Å²) in [5, 5.41) is 5.25. The van der Waals surface area contributed by atoms with E-state index in [1.165, 1.54) is 5.56 Å². The number of benzene rings is 2. The summed E-state index contributed by atoms with van der Waals surface area (Å²) >= 11 is 0. The van der Waals surface area contributed by atoms with Crippen molar-refractivity contribution in [3.63, 3.8) is 0 Å². The number of rotatable bonds is 11. The largest absolute Gasteiger partial charge is 0.497 e. The van der Waals surface area contributed by atoms with E-state index in [0.29, 0.717) is 19.4 Å². The zero-order valence-electron chi connectivity index (χ0n) is 21.9. The molecule has 1 unspecified atom stereocenters. The standard InChI is InChI=1S/C21H31N3O5.C7H8/c1-13(2)9-17(19(26)21(3)12-29-21)24-18(25)11-23-20(27)16(22)10-14-5-7-15(28-4)8-6-14;1-7-5-3-2-4-6-7/h5-8,13,16-17H,9-12,22H2,1-4H3,(H,23,27)(H,24,25);2-6H,1H3/t16-,17-,21?;/m0./s1. The Morgan fingerprint density at radius 2 is 1.69 bits per heavy atom. The number of ketones is 1. The molecule has 8 heteroatoms. The molecular weight excluding hydrogens is 458 g/mol. The minimum Gasteiger partial charge on any atom is -0.497 e. The third kappa shape index (κ3) is 9.79. The van der Waals surface area contributed by atoms with Crippen molar-refractivity contribution in [1.82, 2.24) is 10.6 Å². The Hall–Kier alpha value is -3.23. The molecule has 196 valence electrons. The molecule has 2 aromatic carbocycles. The highest BCUT2D eigenvalue weighted by atomic mass is 16.6. The maximum absolute atomic E-state index is 12.5. The lowest BCUT2D eigenvalue weighted by molar-refractivity contribution is -0.131. The van der Waals surface area contributed by atoms with Gasteiger partial charge in [-0.3, -0.25) is 14.4 Å². The number of aryl methyl sites for hydroxylation is 1. The summed E-state index contributed by atoms with van der Waals surface area (Å²) in [5.41, 5.74) is 7.34. The Kier molecular flexibility index (Phi) is 11.1. The monoisotopic (exact) mass is 497 g/mol. The summed E-state index contributed by atoms with van der Waals surface area (Å²) in [5.74, 6) is -0.0565. The zero-order chi connectivity index (χ0) is 26.7. The summed E-state index contributed by atoms with van der Waals surface area (Å²) in [6.45, 7) is 7.88. The average Bonchev–Trinajstić information content (AvgIpc) is 3.61. The van der Waals surface area contributed by atoms with E-state index >= 15 is 0 Å². The molecule has 0 spiro atoms. The second-order valence-electron chi connectivity index (χ2n) is 9.66. The van der Waals surface area contributed by atoms with E-state index in [2.05, 4.69) is 29.7 Å². The molecule has 2 amide bonds. The molecular formula is C28H39N3O5. The maximum atomic E-state index is 12.5. The van der Waals surface area contributed by atoms with Gasteiger partial charge in [-0.25, -0.2) is 0 Å². The summed E-state index contributed by atoms with van der Waals surface area (Å²) in [4.78, 5) is 37.0. The number of carbonyl (C=O) groups is 3. The third-order valence-electron chi connectivity index (χ3n) is 5.77. The first-order valence-electron chi connectivity index (χ1n) is 12.2. The molecule has 8 nitrogen and oxygen atoms in total. The topological polar surface area (TPSA) is 123 Å². The average molecular weight is 498 g/mol. The van der Waals surface area contributed by atoms with Gasteiger partial charge in [0.15, 0.2) is 5.78 Å². The van der Waals surface area contributed by atoms with Gasteiger partial charge in [-0.2, -0.15) is 0 Å². The number of Topliss-reactive ketones (excluding diaryl/α,β-unsaturated/α-hetero) is 1. The summed E-state index contributed by atoms with van der Waals surface area (Å²) in [7, 11) is 1.58. The van der Waals surface area contributed by atoms with E-state index < -0.39 is 29.5 Å². The predicted octanol–water partition coefficient (Wildman–Crippen LogP) is 2.57. The Morgan fingerprint density at radius 1 is 1.08 bits per heavy atom. The Morgan fingerprint density at radius 3 is 2.17 bits per heavy atom. The van der Waals surface area contributed by atoms with Crippen LogP contribution in [0.3, 0.4) is 0 Å². The van der Waals surface area contributed by atoms with Crippen molar-refractivity contribution < 1.29 is 23.9 Å². The van der Waals surface area contributed by atoms with Crippen LogP contribution >= 0.6 is 0 Å². The van der Waals surface area contributed by atoms with Crippen LogP contribution < -0.4 is 21.1 Å². The van der Waals surface area contributed by atoms with Crippen LogP contribution in [0.5, 0.6) is 5.75 Å². The van der Waals surface area contributed by atoms with Gasteiger partial charge < -0.3 is 25.8 Å². The second kappa shape index (κ2) is 13.8. The Labute approximate surface area is 213 Å². The SMILES string of the molecule is COc1ccc(C[C@H](N)C(=O)NCC(=O)N[C@@H](CC(C)C)C(=O)C2(C)CO2)cc1.Cc1ccccc1. The molecule has 1 aliphatic heterocycles. The number of hydrogen-bond donors (Lipinski definition) is 3. The number of methoxy groups -OCH3 is 1. The van der Waals surface area contributed by atoms with Gasteiger partial charge in [-0.1, -0.05) is 61.9 Å². The fourth-order valence-corrected chi connectivity index (χ4v) is 3.51. The van der Waals surface area contributed by atoms with Crippen LogP contribution in [0.4, 0.5) is 0 Å². The highest BCUT2D eigenvalue weighted by Crippen LogP contribution is 2.29. The number of amides is 2. The first-order valence-corrected chi connectivity index (χ1v) is 12.2. The zero-order valence-corrected chi connectivity index (χ0v) is 21.9. The van der Waals surface area contributed by atoms with Crippen molar-refractivity contribution in [3.05, 3.63) is 65.7 Å². The lowest BCUT2D eigenvalue weighted by Crippen LogP contribution is -2.51. The number of nitrogens with one attached hydrogen (secondary N) is 2. The number of hydrogen-bond acceptors (Lipinski definition) is 6. The fraction of sp³-hybridized carbons (Fsp3) is 0.464. The molecule has 3 atom stereocenters. The van der Waals surface area contributed by atoms with Gasteiger partial charge in [0.1, 0.15) is 11.4 Å². The predicted molar refractivity (Wildman–Crippen MR) is 140 cm³/mol. The highest BCUT2D eigenvalue weighted by Gasteiger charge is 2.50. The molecule has 1 fully saturated rings. The van der Waals surface area contributed by atoms with E-state index in [4.69, 9.17) is 15.2 Å². The van der Waals surface area contributed by atoms with Gasteiger partial charge in [0.25, 0.3) is 0 Å². The quantitative estimate of drug-likeness (QED) is 0.410. The van der Waals surface area contributed by atoms with E-state index in [9.17, 15) is 14.4 Å². The number of nitrogens with two attached hydrogens (primary N) is 1. The van der Waals surface area contributed by atoms with Crippen molar-refractivity contribution in [2.45, 2.75) is 58.2 Å². The molecule has 0 aromatic heterocycles. The van der Waals surface area contributed by atoms with Gasteiger partial charge in [-0.05, 0) is 50.3 Å². The smallest absolute Gasteiger partial charge is 0.239 e. The molecule has 2 aromatic rings. The molecule has 4 N–H and O–H groups in total. The van der Waals surface area contributed by atoms with Crippen LogP contribution in [-0.4, -0.2) is 55.5 Å². The van der Waals surface area contributed by atoms with E-state index in [1.54, 1.807) is 26.2 Å². The van der Waals surface area contributed by atoms with Crippen LogP contribution in [0.25, 0.3) is 0 Å². The summed E-state index contributed by atoms with van der Waals surface area (Å²) in [6.07, 6.45) is 0.843. The molecule has 0 bridgehead atoms. The van der Waals surface area contributed by atoms with Gasteiger partial charge in [0.05, 0.1) is 32.3 Å². The van der Waals surface area contributed by atoms with E-state index in [-0.39, 0.29) is 18.2 Å². The first kappa shape index (κ1) is 29.0. The molecule has 0 radical (unpaired) electrons. The minimum absolute atomic E-state index is 0.137. The van der Waals surface area contributed by atoms with Crippen LogP contribution in [0.15, 0.2) is 54.6 Å². The lowest BCUT2D eigenvalue weighted by atomic mass is 9.93. The van der Waals surface area contributed by atoms with Gasteiger partial charge in [0.2, 0.25) is 11.8 Å². The lowest BCUT2D eigenvalue weighted by Gasteiger charge is -2.21.